The van der Waals surface area contributed by atoms with Crippen LogP contribution in [0, 0.1) is 0 Å². The highest BCUT2D eigenvalue weighted by Crippen LogP contribution is 2.32. The van der Waals surface area contributed by atoms with Crippen molar-refractivity contribution in [3.63, 3.8) is 0 Å². The Kier molecular flexibility index (Phi) is 6.37. The van der Waals surface area contributed by atoms with Crippen LogP contribution in [0.3, 0.4) is 0 Å². The highest BCUT2D eigenvalue weighted by Gasteiger charge is 2.15. The fraction of sp³-hybridized carbons (Fsp3) is 0.316. The SMILES string of the molecule is CCOc1ccc(S(=O)(=O)NCCC(=O)NCc2ccc3c(c2)OCO3)cc1. The predicted octanol–water partition coefficient (Wildman–Crippen LogP) is 1.80. The normalized spacial score (nSPS) is 12.6. The van der Waals surface area contributed by atoms with Gasteiger partial charge in [-0.05, 0) is 48.9 Å². The molecule has 2 N–H and O–H groups in total. The van der Waals surface area contributed by atoms with Gasteiger partial charge < -0.3 is 19.5 Å². The third-order valence-corrected chi connectivity index (χ3v) is 5.49. The van der Waals surface area contributed by atoms with E-state index < -0.39 is 10.0 Å². The number of rotatable bonds is 9. The van der Waals surface area contributed by atoms with E-state index in [0.29, 0.717) is 30.4 Å². The number of hydrogen-bond donors (Lipinski definition) is 2. The highest BCUT2D eigenvalue weighted by molar-refractivity contribution is 7.89. The van der Waals surface area contributed by atoms with Crippen LogP contribution >= 0.6 is 0 Å². The van der Waals surface area contributed by atoms with E-state index in [0.717, 1.165) is 5.56 Å². The molecule has 8 nitrogen and oxygen atoms in total. The van der Waals surface area contributed by atoms with Crippen molar-refractivity contribution in [3.8, 4) is 17.2 Å². The molecule has 1 aliphatic rings. The molecular formula is C19H22N2O6S. The summed E-state index contributed by atoms with van der Waals surface area (Å²) in [6, 6.07) is 11.5. The summed E-state index contributed by atoms with van der Waals surface area (Å²) in [6.07, 6.45) is 0.0286. The van der Waals surface area contributed by atoms with Gasteiger partial charge in [0.05, 0.1) is 11.5 Å². The highest BCUT2D eigenvalue weighted by atomic mass is 32.2. The molecule has 0 atom stereocenters. The number of carbonyl (C=O) groups is 1. The molecule has 0 unspecified atom stereocenters. The molecule has 0 saturated heterocycles. The van der Waals surface area contributed by atoms with E-state index in [4.69, 9.17) is 14.2 Å². The molecule has 9 heteroatoms. The van der Waals surface area contributed by atoms with Crippen molar-refractivity contribution in [2.45, 2.75) is 24.8 Å². The van der Waals surface area contributed by atoms with Gasteiger partial charge in [-0.1, -0.05) is 6.07 Å². The summed E-state index contributed by atoms with van der Waals surface area (Å²) in [5.74, 6) is 1.67. The first kappa shape index (κ1) is 20.0. The van der Waals surface area contributed by atoms with E-state index in [1.165, 1.54) is 12.1 Å². The number of ether oxygens (including phenoxy) is 3. The average Bonchev–Trinajstić information content (AvgIpc) is 3.15. The minimum absolute atomic E-state index is 0.00250. The number of carbonyl (C=O) groups excluding carboxylic acids is 1. The predicted molar refractivity (Wildman–Crippen MR) is 102 cm³/mol. The monoisotopic (exact) mass is 406 g/mol. The molecule has 3 rings (SSSR count). The second-order valence-electron chi connectivity index (χ2n) is 6.02. The standard InChI is InChI=1S/C19H22N2O6S/c1-2-25-15-4-6-16(7-5-15)28(23,24)21-10-9-19(22)20-12-14-3-8-17-18(11-14)27-13-26-17/h3-8,11,21H,2,9-10,12-13H2,1H3,(H,20,22). The van der Waals surface area contributed by atoms with Crippen LogP contribution in [-0.4, -0.2) is 34.3 Å². The zero-order chi connectivity index (χ0) is 20.0. The van der Waals surface area contributed by atoms with Crippen molar-refractivity contribution in [1.82, 2.24) is 10.0 Å². The number of benzene rings is 2. The van der Waals surface area contributed by atoms with Crippen molar-refractivity contribution in [2.75, 3.05) is 19.9 Å². The Morgan fingerprint density at radius 2 is 1.86 bits per heavy atom. The van der Waals surface area contributed by atoms with Gasteiger partial charge in [0, 0.05) is 19.5 Å². The van der Waals surface area contributed by atoms with Gasteiger partial charge >= 0.3 is 0 Å². The summed E-state index contributed by atoms with van der Waals surface area (Å²) in [5.41, 5.74) is 0.868. The maximum atomic E-state index is 12.3. The van der Waals surface area contributed by atoms with Crippen LogP contribution in [0.5, 0.6) is 17.2 Å². The Morgan fingerprint density at radius 3 is 2.61 bits per heavy atom. The third-order valence-electron chi connectivity index (χ3n) is 4.02. The smallest absolute Gasteiger partial charge is 0.240 e. The molecule has 1 heterocycles. The maximum Gasteiger partial charge on any atom is 0.240 e. The van der Waals surface area contributed by atoms with E-state index in [1.807, 2.05) is 13.0 Å². The third kappa shape index (κ3) is 5.14. The van der Waals surface area contributed by atoms with Crippen LogP contribution in [0.25, 0.3) is 0 Å². The van der Waals surface area contributed by atoms with Crippen molar-refractivity contribution >= 4 is 15.9 Å². The van der Waals surface area contributed by atoms with E-state index in [-0.39, 0.29) is 30.6 Å². The lowest BCUT2D eigenvalue weighted by molar-refractivity contribution is -0.121. The largest absolute Gasteiger partial charge is 0.494 e. The number of amides is 1. The Morgan fingerprint density at radius 1 is 1.11 bits per heavy atom. The van der Waals surface area contributed by atoms with E-state index in [1.54, 1.807) is 24.3 Å². The number of hydrogen-bond acceptors (Lipinski definition) is 6. The summed E-state index contributed by atoms with van der Waals surface area (Å²) in [4.78, 5) is 12.1. The van der Waals surface area contributed by atoms with Gasteiger partial charge in [0.1, 0.15) is 5.75 Å². The zero-order valence-corrected chi connectivity index (χ0v) is 16.3. The van der Waals surface area contributed by atoms with Crippen molar-refractivity contribution in [1.29, 1.82) is 0 Å². The summed E-state index contributed by atoms with van der Waals surface area (Å²) < 4.78 is 42.8. The minimum atomic E-state index is -3.68. The fourth-order valence-corrected chi connectivity index (χ4v) is 3.64. The first-order valence-corrected chi connectivity index (χ1v) is 10.3. The second-order valence-corrected chi connectivity index (χ2v) is 7.78. The van der Waals surface area contributed by atoms with Gasteiger partial charge in [-0.3, -0.25) is 4.79 Å². The minimum Gasteiger partial charge on any atom is -0.494 e. The topological polar surface area (TPSA) is 103 Å². The van der Waals surface area contributed by atoms with Crippen molar-refractivity contribution in [3.05, 3.63) is 48.0 Å². The summed E-state index contributed by atoms with van der Waals surface area (Å²) >= 11 is 0. The van der Waals surface area contributed by atoms with Crippen LogP contribution in [0.2, 0.25) is 0 Å². The molecule has 1 aliphatic heterocycles. The fourth-order valence-electron chi connectivity index (χ4n) is 2.60. The lowest BCUT2D eigenvalue weighted by Gasteiger charge is -2.09. The molecule has 150 valence electrons. The van der Waals surface area contributed by atoms with Gasteiger partial charge in [0.25, 0.3) is 0 Å². The Bertz CT molecular complexity index is 928. The lowest BCUT2D eigenvalue weighted by Crippen LogP contribution is -2.30. The molecule has 0 aliphatic carbocycles. The van der Waals surface area contributed by atoms with E-state index in [2.05, 4.69) is 10.0 Å². The number of fused-ring (bicyclic) bond motifs is 1. The zero-order valence-electron chi connectivity index (χ0n) is 15.4. The van der Waals surface area contributed by atoms with Crippen molar-refractivity contribution in [2.24, 2.45) is 0 Å². The summed E-state index contributed by atoms with van der Waals surface area (Å²) in [5, 5.41) is 2.75. The van der Waals surface area contributed by atoms with Crippen molar-refractivity contribution < 1.29 is 27.4 Å². The molecule has 2 aromatic carbocycles. The van der Waals surface area contributed by atoms with E-state index in [9.17, 15) is 13.2 Å². The average molecular weight is 406 g/mol. The van der Waals surface area contributed by atoms with Gasteiger partial charge in [0.2, 0.25) is 22.7 Å². The van der Waals surface area contributed by atoms with Crippen LogP contribution in [0.4, 0.5) is 0 Å². The van der Waals surface area contributed by atoms with Gasteiger partial charge in [0.15, 0.2) is 11.5 Å². The van der Waals surface area contributed by atoms with Crippen LogP contribution in [0.1, 0.15) is 18.9 Å². The summed E-state index contributed by atoms with van der Waals surface area (Å²) in [7, 11) is -3.68. The van der Waals surface area contributed by atoms with Gasteiger partial charge in [-0.15, -0.1) is 0 Å². The quantitative estimate of drug-likeness (QED) is 0.658. The molecule has 28 heavy (non-hydrogen) atoms. The molecule has 0 fully saturated rings. The van der Waals surface area contributed by atoms with Crippen LogP contribution in [-0.2, 0) is 21.4 Å². The first-order valence-electron chi connectivity index (χ1n) is 8.85. The van der Waals surface area contributed by atoms with E-state index >= 15 is 0 Å². The Labute approximate surface area is 163 Å². The molecule has 1 amide bonds. The Balaban J connectivity index is 1.44. The molecule has 0 saturated carbocycles. The Hall–Kier alpha value is -2.78. The van der Waals surface area contributed by atoms with Gasteiger partial charge in [-0.2, -0.15) is 0 Å². The molecular weight excluding hydrogens is 384 g/mol. The van der Waals surface area contributed by atoms with Crippen LogP contribution in [0.15, 0.2) is 47.4 Å². The summed E-state index contributed by atoms with van der Waals surface area (Å²) in [6.45, 7) is 2.87. The first-order chi connectivity index (χ1) is 13.5. The molecule has 0 bridgehead atoms. The molecule has 0 spiro atoms. The molecule has 2 aromatic rings. The number of nitrogens with one attached hydrogen (secondary N) is 2. The lowest BCUT2D eigenvalue weighted by atomic mass is 10.2. The van der Waals surface area contributed by atoms with Crippen LogP contribution < -0.4 is 24.2 Å². The molecule has 0 aromatic heterocycles. The number of sulfonamides is 1. The van der Waals surface area contributed by atoms with Gasteiger partial charge in [-0.25, -0.2) is 13.1 Å². The molecule has 0 radical (unpaired) electrons. The maximum absolute atomic E-state index is 12.3. The second kappa shape index (κ2) is 8.94.